The molecule has 0 aliphatic carbocycles. The fraction of sp³-hybridized carbons (Fsp3) is 0.786. The second-order valence-corrected chi connectivity index (χ2v) is 7.62. The minimum Gasteiger partial charge on any atom is -0.316 e. The van der Waals surface area contributed by atoms with Crippen LogP contribution >= 0.6 is 11.3 Å². The van der Waals surface area contributed by atoms with E-state index >= 15 is 0 Å². The summed E-state index contributed by atoms with van der Waals surface area (Å²) < 4.78 is 0. The van der Waals surface area contributed by atoms with Gasteiger partial charge in [0.15, 0.2) is 0 Å². The van der Waals surface area contributed by atoms with Crippen LogP contribution in [0.15, 0.2) is 5.38 Å². The van der Waals surface area contributed by atoms with E-state index in [2.05, 4.69) is 36.4 Å². The largest absolute Gasteiger partial charge is 0.316 e. The van der Waals surface area contributed by atoms with Crippen LogP contribution in [0.25, 0.3) is 0 Å². The van der Waals surface area contributed by atoms with Gasteiger partial charge in [0.1, 0.15) is 0 Å². The van der Waals surface area contributed by atoms with E-state index < -0.39 is 0 Å². The van der Waals surface area contributed by atoms with Gasteiger partial charge in [0.05, 0.1) is 10.7 Å². The van der Waals surface area contributed by atoms with Crippen molar-refractivity contribution < 1.29 is 0 Å². The lowest BCUT2D eigenvalue weighted by Crippen LogP contribution is -2.25. The van der Waals surface area contributed by atoms with Gasteiger partial charge in [-0.05, 0) is 24.9 Å². The molecule has 0 radical (unpaired) electrons. The highest BCUT2D eigenvalue weighted by atomic mass is 32.1. The summed E-state index contributed by atoms with van der Waals surface area (Å²) in [5.41, 5.74) is 1.45. The lowest BCUT2D eigenvalue weighted by atomic mass is 9.98. The average molecular weight is 265 g/mol. The lowest BCUT2D eigenvalue weighted by molar-refractivity contribution is 0.302. The van der Waals surface area contributed by atoms with Gasteiger partial charge < -0.3 is 5.32 Å². The summed E-state index contributed by atoms with van der Waals surface area (Å²) >= 11 is 1.81. The molecule has 100 valence electrons. The standard InChI is InChI=1S/C14H23N3S/c1-14(2,3)13-16-12(9-18-13)8-17-6-10-4-15-5-11(10)7-17/h9-11,15H,4-8H2,1-3H3/t10-,11+. The average Bonchev–Trinajstić information content (AvgIpc) is 2.90. The Hall–Kier alpha value is -0.450. The van der Waals surface area contributed by atoms with E-state index in [-0.39, 0.29) is 5.41 Å². The summed E-state index contributed by atoms with van der Waals surface area (Å²) in [6.07, 6.45) is 0. The molecular formula is C14H23N3S. The minimum absolute atomic E-state index is 0.189. The summed E-state index contributed by atoms with van der Waals surface area (Å²) in [7, 11) is 0. The topological polar surface area (TPSA) is 28.2 Å². The highest BCUT2D eigenvalue weighted by Crippen LogP contribution is 2.29. The number of nitrogens with zero attached hydrogens (tertiary/aromatic N) is 2. The third kappa shape index (κ3) is 2.46. The first-order chi connectivity index (χ1) is 8.52. The minimum atomic E-state index is 0.189. The molecule has 0 amide bonds. The predicted molar refractivity (Wildman–Crippen MR) is 75.9 cm³/mol. The zero-order valence-corrected chi connectivity index (χ0v) is 12.4. The van der Waals surface area contributed by atoms with Gasteiger partial charge in [-0.2, -0.15) is 0 Å². The quantitative estimate of drug-likeness (QED) is 0.887. The third-order valence-electron chi connectivity index (χ3n) is 4.04. The second-order valence-electron chi connectivity index (χ2n) is 6.77. The van der Waals surface area contributed by atoms with Crippen LogP contribution in [-0.4, -0.2) is 36.1 Å². The number of fused-ring (bicyclic) bond motifs is 1. The number of rotatable bonds is 2. The fourth-order valence-corrected chi connectivity index (χ4v) is 3.93. The van der Waals surface area contributed by atoms with Crippen LogP contribution < -0.4 is 5.32 Å². The molecule has 1 aromatic heterocycles. The Morgan fingerprint density at radius 2 is 2.00 bits per heavy atom. The van der Waals surface area contributed by atoms with Crippen LogP contribution in [0.3, 0.4) is 0 Å². The maximum Gasteiger partial charge on any atom is 0.0982 e. The molecule has 0 spiro atoms. The van der Waals surface area contributed by atoms with Crippen LogP contribution in [0.1, 0.15) is 31.5 Å². The summed E-state index contributed by atoms with van der Waals surface area (Å²) in [5.74, 6) is 1.76. The van der Waals surface area contributed by atoms with Crippen LogP contribution in [0, 0.1) is 11.8 Å². The normalized spacial score (nSPS) is 28.8. The molecule has 1 N–H and O–H groups in total. The lowest BCUT2D eigenvalue weighted by Gasteiger charge is -2.16. The van der Waals surface area contributed by atoms with Crippen molar-refractivity contribution in [2.45, 2.75) is 32.7 Å². The molecule has 1 aromatic rings. The summed E-state index contributed by atoms with van der Waals surface area (Å²) in [6.45, 7) is 12.7. The van der Waals surface area contributed by atoms with Crippen LogP contribution in [-0.2, 0) is 12.0 Å². The van der Waals surface area contributed by atoms with E-state index in [0.29, 0.717) is 0 Å². The summed E-state index contributed by atoms with van der Waals surface area (Å²) in [5, 5.41) is 7.00. The van der Waals surface area contributed by atoms with E-state index in [1.54, 1.807) is 0 Å². The maximum absolute atomic E-state index is 4.80. The van der Waals surface area contributed by atoms with Gasteiger partial charge in [-0.25, -0.2) is 4.98 Å². The van der Waals surface area contributed by atoms with Crippen molar-refractivity contribution in [2.24, 2.45) is 11.8 Å². The van der Waals surface area contributed by atoms with E-state index in [9.17, 15) is 0 Å². The summed E-state index contributed by atoms with van der Waals surface area (Å²) in [6, 6.07) is 0. The predicted octanol–water partition coefficient (Wildman–Crippen LogP) is 2.09. The Kier molecular flexibility index (Phi) is 3.20. The Morgan fingerprint density at radius 1 is 1.33 bits per heavy atom. The molecule has 2 aliphatic rings. The van der Waals surface area contributed by atoms with Gasteiger partial charge in [-0.1, -0.05) is 20.8 Å². The van der Waals surface area contributed by atoms with Gasteiger partial charge in [0, 0.05) is 30.4 Å². The molecule has 3 heterocycles. The van der Waals surface area contributed by atoms with Crippen LogP contribution in [0.4, 0.5) is 0 Å². The molecule has 4 heteroatoms. The first-order valence-electron chi connectivity index (χ1n) is 6.90. The van der Waals surface area contributed by atoms with Crippen molar-refractivity contribution in [1.29, 1.82) is 0 Å². The Bertz CT molecular complexity index is 409. The number of likely N-dealkylation sites (tertiary alicyclic amines) is 1. The maximum atomic E-state index is 4.80. The number of thiazole rings is 1. The van der Waals surface area contributed by atoms with Crippen LogP contribution in [0.5, 0.6) is 0 Å². The second kappa shape index (κ2) is 4.58. The number of hydrogen-bond donors (Lipinski definition) is 1. The summed E-state index contributed by atoms with van der Waals surface area (Å²) in [4.78, 5) is 7.38. The highest BCUT2D eigenvalue weighted by molar-refractivity contribution is 7.09. The molecule has 2 aliphatic heterocycles. The van der Waals surface area contributed by atoms with E-state index in [4.69, 9.17) is 4.98 Å². The molecule has 2 atom stereocenters. The van der Waals surface area contributed by atoms with Crippen molar-refractivity contribution in [2.75, 3.05) is 26.2 Å². The molecule has 2 fully saturated rings. The van der Waals surface area contributed by atoms with Crippen molar-refractivity contribution in [3.63, 3.8) is 0 Å². The molecule has 2 saturated heterocycles. The van der Waals surface area contributed by atoms with Crippen molar-refractivity contribution in [1.82, 2.24) is 15.2 Å². The van der Waals surface area contributed by atoms with E-state index in [1.807, 2.05) is 11.3 Å². The SMILES string of the molecule is CC(C)(C)c1nc(CN2C[C@H]3CNC[C@H]3C2)cs1. The zero-order chi connectivity index (χ0) is 12.8. The van der Waals surface area contributed by atoms with E-state index in [1.165, 1.54) is 36.9 Å². The fourth-order valence-electron chi connectivity index (χ4n) is 3.03. The Morgan fingerprint density at radius 3 is 2.56 bits per heavy atom. The third-order valence-corrected chi connectivity index (χ3v) is 5.36. The first-order valence-corrected chi connectivity index (χ1v) is 7.78. The van der Waals surface area contributed by atoms with Gasteiger partial charge in [0.2, 0.25) is 0 Å². The van der Waals surface area contributed by atoms with Crippen molar-refractivity contribution in [3.05, 3.63) is 16.1 Å². The van der Waals surface area contributed by atoms with Crippen LogP contribution in [0.2, 0.25) is 0 Å². The Labute approximate surface area is 114 Å². The monoisotopic (exact) mass is 265 g/mol. The molecule has 3 nitrogen and oxygen atoms in total. The molecule has 0 aromatic carbocycles. The van der Waals surface area contributed by atoms with Gasteiger partial charge in [0.25, 0.3) is 0 Å². The molecular weight excluding hydrogens is 242 g/mol. The van der Waals surface area contributed by atoms with Gasteiger partial charge in [-0.3, -0.25) is 4.90 Å². The van der Waals surface area contributed by atoms with Gasteiger partial charge >= 0.3 is 0 Å². The zero-order valence-electron chi connectivity index (χ0n) is 11.6. The van der Waals surface area contributed by atoms with Crippen molar-refractivity contribution >= 4 is 11.3 Å². The van der Waals surface area contributed by atoms with Gasteiger partial charge in [-0.15, -0.1) is 11.3 Å². The first kappa shape index (κ1) is 12.6. The Balaban J connectivity index is 1.62. The smallest absolute Gasteiger partial charge is 0.0982 e. The molecule has 0 saturated carbocycles. The number of hydrogen-bond acceptors (Lipinski definition) is 4. The highest BCUT2D eigenvalue weighted by Gasteiger charge is 2.36. The molecule has 0 bridgehead atoms. The number of aromatic nitrogens is 1. The number of nitrogens with one attached hydrogen (secondary N) is 1. The molecule has 0 unspecified atom stereocenters. The molecule has 3 rings (SSSR count). The van der Waals surface area contributed by atoms with Crippen molar-refractivity contribution in [3.8, 4) is 0 Å². The molecule has 18 heavy (non-hydrogen) atoms. The van der Waals surface area contributed by atoms with E-state index in [0.717, 1.165) is 18.4 Å².